The standard InChI is InChI=1S/C10H10ClN3O2/c1-6-3-8-12-7(5-16-2)4-9(15)14(8)13-10(6)11/h3-4H,5H2,1-2H3. The molecule has 0 bridgehead atoms. The van der Waals surface area contributed by atoms with Crippen LogP contribution in [0.1, 0.15) is 11.3 Å². The van der Waals surface area contributed by atoms with Crippen molar-refractivity contribution >= 4 is 17.2 Å². The van der Waals surface area contributed by atoms with E-state index in [2.05, 4.69) is 10.1 Å². The Morgan fingerprint density at radius 3 is 2.94 bits per heavy atom. The number of hydrogen-bond donors (Lipinski definition) is 0. The van der Waals surface area contributed by atoms with Crippen molar-refractivity contribution in [2.75, 3.05) is 7.11 Å². The molecule has 84 valence electrons. The van der Waals surface area contributed by atoms with Gasteiger partial charge < -0.3 is 4.74 Å². The summed E-state index contributed by atoms with van der Waals surface area (Å²) in [7, 11) is 1.55. The number of aromatic nitrogens is 3. The first-order valence-electron chi connectivity index (χ1n) is 4.67. The van der Waals surface area contributed by atoms with Gasteiger partial charge in [0.2, 0.25) is 0 Å². The van der Waals surface area contributed by atoms with E-state index < -0.39 is 0 Å². The molecule has 2 rings (SSSR count). The number of nitrogens with zero attached hydrogens (tertiary/aromatic N) is 3. The van der Waals surface area contributed by atoms with Gasteiger partial charge in [0, 0.05) is 13.2 Å². The van der Waals surface area contributed by atoms with Gasteiger partial charge in [-0.2, -0.15) is 9.61 Å². The molecule has 0 fully saturated rings. The average molecular weight is 240 g/mol. The van der Waals surface area contributed by atoms with Gasteiger partial charge in [0.25, 0.3) is 5.56 Å². The Morgan fingerprint density at radius 2 is 2.25 bits per heavy atom. The predicted molar refractivity (Wildman–Crippen MR) is 59.7 cm³/mol. The monoisotopic (exact) mass is 239 g/mol. The van der Waals surface area contributed by atoms with Crippen molar-refractivity contribution in [1.29, 1.82) is 0 Å². The molecule has 16 heavy (non-hydrogen) atoms. The van der Waals surface area contributed by atoms with Gasteiger partial charge in [0.1, 0.15) is 0 Å². The SMILES string of the molecule is COCc1cc(=O)n2nc(Cl)c(C)cc2n1. The van der Waals surface area contributed by atoms with Crippen molar-refractivity contribution in [3.8, 4) is 0 Å². The van der Waals surface area contributed by atoms with E-state index in [1.165, 1.54) is 10.6 Å². The van der Waals surface area contributed by atoms with Crippen molar-refractivity contribution in [1.82, 2.24) is 14.6 Å². The van der Waals surface area contributed by atoms with Crippen molar-refractivity contribution in [2.24, 2.45) is 0 Å². The summed E-state index contributed by atoms with van der Waals surface area (Å²) >= 11 is 5.84. The highest BCUT2D eigenvalue weighted by molar-refractivity contribution is 6.30. The Morgan fingerprint density at radius 1 is 1.50 bits per heavy atom. The Hall–Kier alpha value is -1.46. The summed E-state index contributed by atoms with van der Waals surface area (Å²) in [6, 6.07) is 3.10. The summed E-state index contributed by atoms with van der Waals surface area (Å²) in [6.45, 7) is 2.11. The van der Waals surface area contributed by atoms with Crippen molar-refractivity contribution in [3.05, 3.63) is 38.9 Å². The smallest absolute Gasteiger partial charge is 0.274 e. The molecular formula is C10H10ClN3O2. The molecule has 0 aliphatic carbocycles. The van der Waals surface area contributed by atoms with E-state index in [-0.39, 0.29) is 5.56 Å². The molecule has 2 aromatic rings. The third-order valence-electron chi connectivity index (χ3n) is 2.13. The molecule has 0 N–H and O–H groups in total. The van der Waals surface area contributed by atoms with E-state index >= 15 is 0 Å². The van der Waals surface area contributed by atoms with Crippen LogP contribution < -0.4 is 5.56 Å². The minimum Gasteiger partial charge on any atom is -0.378 e. The van der Waals surface area contributed by atoms with Crippen LogP contribution in [0.4, 0.5) is 0 Å². The summed E-state index contributed by atoms with van der Waals surface area (Å²) < 4.78 is 6.10. The summed E-state index contributed by atoms with van der Waals surface area (Å²) in [6.07, 6.45) is 0. The molecule has 2 heterocycles. The molecule has 0 radical (unpaired) electrons. The zero-order valence-corrected chi connectivity index (χ0v) is 9.65. The normalized spacial score (nSPS) is 10.9. The zero-order chi connectivity index (χ0) is 11.7. The van der Waals surface area contributed by atoms with Crippen LogP contribution in [-0.2, 0) is 11.3 Å². The Balaban J connectivity index is 2.72. The zero-order valence-electron chi connectivity index (χ0n) is 8.90. The number of halogens is 1. The summed E-state index contributed by atoms with van der Waals surface area (Å²) in [5.41, 5.74) is 1.57. The maximum atomic E-state index is 11.7. The van der Waals surface area contributed by atoms with Gasteiger partial charge in [0.15, 0.2) is 10.8 Å². The molecule has 0 aliphatic heterocycles. The van der Waals surface area contributed by atoms with Crippen LogP contribution in [0, 0.1) is 6.92 Å². The fourth-order valence-corrected chi connectivity index (χ4v) is 1.51. The lowest BCUT2D eigenvalue weighted by Crippen LogP contribution is -2.18. The van der Waals surface area contributed by atoms with E-state index in [1.807, 2.05) is 6.92 Å². The molecular weight excluding hydrogens is 230 g/mol. The highest BCUT2D eigenvalue weighted by Gasteiger charge is 2.06. The lowest BCUT2D eigenvalue weighted by Gasteiger charge is -2.04. The Labute approximate surface area is 96.6 Å². The first-order valence-corrected chi connectivity index (χ1v) is 5.04. The van der Waals surface area contributed by atoms with Gasteiger partial charge in [-0.3, -0.25) is 4.79 Å². The first-order chi connectivity index (χ1) is 7.61. The molecule has 0 aliphatic rings. The van der Waals surface area contributed by atoms with Gasteiger partial charge >= 0.3 is 0 Å². The fraction of sp³-hybridized carbons (Fsp3) is 0.300. The maximum Gasteiger partial charge on any atom is 0.274 e. The predicted octanol–water partition coefficient (Wildman–Crippen LogP) is 1.20. The molecule has 0 spiro atoms. The van der Waals surface area contributed by atoms with Crippen molar-refractivity contribution < 1.29 is 4.74 Å². The molecule has 2 aromatic heterocycles. The summed E-state index contributed by atoms with van der Waals surface area (Å²) in [4.78, 5) is 15.9. The summed E-state index contributed by atoms with van der Waals surface area (Å²) in [5.74, 6) is 0. The van der Waals surface area contributed by atoms with E-state index in [0.29, 0.717) is 23.1 Å². The number of aryl methyl sites for hydroxylation is 1. The molecule has 0 unspecified atom stereocenters. The van der Waals surface area contributed by atoms with Crippen LogP contribution in [-0.4, -0.2) is 21.7 Å². The second-order valence-electron chi connectivity index (χ2n) is 3.41. The second-order valence-corrected chi connectivity index (χ2v) is 3.76. The molecule has 6 heteroatoms. The van der Waals surface area contributed by atoms with Crippen LogP contribution in [0.25, 0.3) is 5.65 Å². The number of hydrogen-bond acceptors (Lipinski definition) is 4. The fourth-order valence-electron chi connectivity index (χ4n) is 1.38. The van der Waals surface area contributed by atoms with Gasteiger partial charge in [0.05, 0.1) is 12.3 Å². The van der Waals surface area contributed by atoms with Crippen molar-refractivity contribution in [3.63, 3.8) is 0 Å². The van der Waals surface area contributed by atoms with E-state index in [0.717, 1.165) is 5.56 Å². The number of fused-ring (bicyclic) bond motifs is 1. The highest BCUT2D eigenvalue weighted by Crippen LogP contribution is 2.11. The molecule has 0 atom stereocenters. The van der Waals surface area contributed by atoms with E-state index in [9.17, 15) is 4.79 Å². The topological polar surface area (TPSA) is 56.5 Å². The third-order valence-corrected chi connectivity index (χ3v) is 2.50. The lowest BCUT2D eigenvalue weighted by molar-refractivity contribution is 0.181. The summed E-state index contributed by atoms with van der Waals surface area (Å²) in [5, 5.41) is 4.24. The number of ether oxygens (including phenoxy) is 1. The minimum absolute atomic E-state index is 0.265. The van der Waals surface area contributed by atoms with E-state index in [4.69, 9.17) is 16.3 Å². The number of rotatable bonds is 2. The van der Waals surface area contributed by atoms with Crippen LogP contribution in [0.5, 0.6) is 0 Å². The van der Waals surface area contributed by atoms with Crippen molar-refractivity contribution in [2.45, 2.75) is 13.5 Å². The van der Waals surface area contributed by atoms with Gasteiger partial charge in [-0.15, -0.1) is 0 Å². The van der Waals surface area contributed by atoms with Crippen LogP contribution in [0.3, 0.4) is 0 Å². The van der Waals surface area contributed by atoms with Gasteiger partial charge in [-0.25, -0.2) is 4.98 Å². The van der Waals surface area contributed by atoms with E-state index in [1.54, 1.807) is 13.2 Å². The van der Waals surface area contributed by atoms with Gasteiger partial charge in [-0.1, -0.05) is 11.6 Å². The molecule has 0 saturated carbocycles. The maximum absolute atomic E-state index is 11.7. The second kappa shape index (κ2) is 4.19. The highest BCUT2D eigenvalue weighted by atomic mass is 35.5. The average Bonchev–Trinajstić information content (AvgIpc) is 2.22. The van der Waals surface area contributed by atoms with Crippen LogP contribution in [0.15, 0.2) is 16.9 Å². The third kappa shape index (κ3) is 1.91. The largest absolute Gasteiger partial charge is 0.378 e. The number of methoxy groups -OCH3 is 1. The Bertz CT molecular complexity index is 594. The minimum atomic E-state index is -0.265. The quantitative estimate of drug-likeness (QED) is 0.790. The molecule has 5 nitrogen and oxygen atoms in total. The molecule has 0 amide bonds. The molecule has 0 aromatic carbocycles. The Kier molecular flexibility index (Phi) is 2.89. The lowest BCUT2D eigenvalue weighted by atomic mass is 10.3. The first kappa shape index (κ1) is 11.0. The van der Waals surface area contributed by atoms with Crippen LogP contribution in [0.2, 0.25) is 5.15 Å². The van der Waals surface area contributed by atoms with Gasteiger partial charge in [-0.05, 0) is 18.6 Å². The van der Waals surface area contributed by atoms with Crippen LogP contribution >= 0.6 is 11.6 Å². The molecule has 0 saturated heterocycles.